The molecule has 1 aliphatic rings. The van der Waals surface area contributed by atoms with Crippen molar-refractivity contribution in [2.45, 2.75) is 6.04 Å². The Morgan fingerprint density at radius 1 is 1.32 bits per heavy atom. The van der Waals surface area contributed by atoms with Gasteiger partial charge in [0.2, 0.25) is 0 Å². The van der Waals surface area contributed by atoms with E-state index in [4.69, 9.17) is 16.3 Å². The molecule has 1 atom stereocenters. The Kier molecular flexibility index (Phi) is 5.72. The summed E-state index contributed by atoms with van der Waals surface area (Å²) in [6.07, 6.45) is 2.95. The van der Waals surface area contributed by atoms with Gasteiger partial charge in [0.1, 0.15) is 5.56 Å². The lowest BCUT2D eigenvalue weighted by Gasteiger charge is -2.35. The van der Waals surface area contributed by atoms with Gasteiger partial charge in [-0.3, -0.25) is 18.9 Å². The van der Waals surface area contributed by atoms with E-state index in [0.29, 0.717) is 29.7 Å². The highest BCUT2D eigenvalue weighted by molar-refractivity contribution is 7.15. The Balaban J connectivity index is 1.56. The largest absolute Gasteiger partial charge is 0.379 e. The molecule has 0 spiro atoms. The molecule has 3 heterocycles. The Hall–Kier alpha value is -2.26. The molecule has 0 saturated carbocycles. The summed E-state index contributed by atoms with van der Waals surface area (Å²) in [6, 6.07) is 7.50. The molecule has 0 unspecified atom stereocenters. The zero-order valence-electron chi connectivity index (χ0n) is 15.0. The summed E-state index contributed by atoms with van der Waals surface area (Å²) in [5, 5.41) is 5.30. The van der Waals surface area contributed by atoms with Crippen LogP contribution in [0.1, 0.15) is 22.0 Å². The number of benzene rings is 1. The third kappa shape index (κ3) is 3.81. The van der Waals surface area contributed by atoms with Crippen LogP contribution in [0.3, 0.4) is 0 Å². The van der Waals surface area contributed by atoms with Gasteiger partial charge < -0.3 is 10.1 Å². The monoisotopic (exact) mass is 418 g/mol. The lowest BCUT2D eigenvalue weighted by atomic mass is 10.0. The fourth-order valence-electron chi connectivity index (χ4n) is 3.34. The predicted molar refractivity (Wildman–Crippen MR) is 108 cm³/mol. The number of rotatable bonds is 5. The number of nitrogens with one attached hydrogen (secondary N) is 1. The van der Waals surface area contributed by atoms with Crippen LogP contribution >= 0.6 is 22.9 Å². The molecule has 0 radical (unpaired) electrons. The summed E-state index contributed by atoms with van der Waals surface area (Å²) in [7, 11) is 0. The van der Waals surface area contributed by atoms with Crippen molar-refractivity contribution in [3.8, 4) is 0 Å². The minimum Gasteiger partial charge on any atom is -0.379 e. The number of fused-ring (bicyclic) bond motifs is 1. The molecular weight excluding hydrogens is 400 g/mol. The van der Waals surface area contributed by atoms with E-state index < -0.39 is 5.91 Å². The summed E-state index contributed by atoms with van der Waals surface area (Å²) in [4.78, 5) is 32.2. The number of hydrogen-bond acceptors (Lipinski definition) is 6. The van der Waals surface area contributed by atoms with Crippen molar-refractivity contribution in [2.75, 3.05) is 32.8 Å². The molecule has 1 aliphatic heterocycles. The molecule has 2 aromatic heterocycles. The number of aromatic nitrogens is 2. The topological polar surface area (TPSA) is 75.9 Å². The maximum absolute atomic E-state index is 12.7. The van der Waals surface area contributed by atoms with Crippen molar-refractivity contribution < 1.29 is 9.53 Å². The smallest absolute Gasteiger partial charge is 0.271 e. The van der Waals surface area contributed by atoms with E-state index in [2.05, 4.69) is 15.2 Å². The fraction of sp³-hybridized carbons (Fsp3) is 0.316. The first kappa shape index (κ1) is 19.1. The third-order valence-electron chi connectivity index (χ3n) is 4.79. The van der Waals surface area contributed by atoms with Crippen molar-refractivity contribution in [2.24, 2.45) is 0 Å². The molecule has 7 nitrogen and oxygen atoms in total. The van der Waals surface area contributed by atoms with Crippen molar-refractivity contribution in [1.29, 1.82) is 0 Å². The van der Waals surface area contributed by atoms with E-state index in [1.807, 2.05) is 24.3 Å². The second kappa shape index (κ2) is 8.40. The molecule has 1 N–H and O–H groups in total. The summed E-state index contributed by atoms with van der Waals surface area (Å²) in [6.45, 7) is 3.09. The normalized spacial score (nSPS) is 16.2. The zero-order chi connectivity index (χ0) is 19.5. The highest BCUT2D eigenvalue weighted by atomic mass is 35.5. The second-order valence-corrected chi connectivity index (χ2v) is 7.71. The number of ether oxygens (including phenoxy) is 1. The number of hydrogen-bond donors (Lipinski definition) is 1. The second-order valence-electron chi connectivity index (χ2n) is 6.43. The van der Waals surface area contributed by atoms with Gasteiger partial charge in [0.05, 0.1) is 19.3 Å². The third-order valence-corrected chi connectivity index (χ3v) is 5.91. The van der Waals surface area contributed by atoms with Gasteiger partial charge in [0, 0.05) is 42.4 Å². The maximum Gasteiger partial charge on any atom is 0.271 e. The van der Waals surface area contributed by atoms with Gasteiger partial charge in [-0.15, -0.1) is 11.3 Å². The van der Waals surface area contributed by atoms with Crippen LogP contribution in [0.15, 0.2) is 46.8 Å². The van der Waals surface area contributed by atoms with Crippen molar-refractivity contribution in [3.63, 3.8) is 0 Å². The first-order valence-corrected chi connectivity index (χ1v) is 10.2. The first-order chi connectivity index (χ1) is 13.6. The standard InChI is InChI=1S/C19H19ClN4O3S/c20-15-4-2-1-3-13(15)16(23-5-8-27-9-6-23)12-21-17(25)14-11-22-19-24(18(14)26)7-10-28-19/h1-4,7,10-11,16H,5-6,8-9,12H2,(H,21,25)/t16-/m0/s1. The molecule has 0 bridgehead atoms. The highest BCUT2D eigenvalue weighted by Crippen LogP contribution is 2.27. The Morgan fingerprint density at radius 3 is 2.89 bits per heavy atom. The van der Waals surface area contributed by atoms with E-state index in [1.54, 1.807) is 11.6 Å². The number of morpholine rings is 1. The van der Waals surface area contributed by atoms with Gasteiger partial charge in [0.15, 0.2) is 4.96 Å². The van der Waals surface area contributed by atoms with Crippen LogP contribution in [0, 0.1) is 0 Å². The molecule has 1 aromatic carbocycles. The van der Waals surface area contributed by atoms with Crippen LogP contribution < -0.4 is 10.9 Å². The van der Waals surface area contributed by atoms with Gasteiger partial charge in [-0.2, -0.15) is 0 Å². The number of carbonyl (C=O) groups is 1. The quantitative estimate of drug-likeness (QED) is 0.687. The first-order valence-electron chi connectivity index (χ1n) is 8.94. The molecule has 3 aromatic rings. The van der Waals surface area contributed by atoms with E-state index in [-0.39, 0.29) is 17.2 Å². The van der Waals surface area contributed by atoms with Crippen LogP contribution in [0.25, 0.3) is 4.96 Å². The minimum atomic E-state index is -0.441. The molecule has 4 rings (SSSR count). The molecule has 146 valence electrons. The fourth-order valence-corrected chi connectivity index (χ4v) is 4.27. The van der Waals surface area contributed by atoms with Gasteiger partial charge in [0.25, 0.3) is 11.5 Å². The number of amides is 1. The zero-order valence-corrected chi connectivity index (χ0v) is 16.6. The van der Waals surface area contributed by atoms with E-state index in [1.165, 1.54) is 21.9 Å². The SMILES string of the molecule is O=C(NC[C@@H](c1ccccc1Cl)N1CCOCC1)c1cnc2sccn2c1=O. The maximum atomic E-state index is 12.7. The van der Waals surface area contributed by atoms with Crippen LogP contribution in [0.2, 0.25) is 5.02 Å². The minimum absolute atomic E-state index is 0.0239. The highest BCUT2D eigenvalue weighted by Gasteiger charge is 2.25. The van der Waals surface area contributed by atoms with Gasteiger partial charge in [-0.05, 0) is 11.6 Å². The van der Waals surface area contributed by atoms with Crippen LogP contribution in [0.5, 0.6) is 0 Å². The number of halogens is 1. The molecule has 0 aliphatic carbocycles. The Labute approximate surface area is 170 Å². The summed E-state index contributed by atoms with van der Waals surface area (Å²) in [5.74, 6) is -0.441. The summed E-state index contributed by atoms with van der Waals surface area (Å²) in [5.41, 5.74) is 0.592. The van der Waals surface area contributed by atoms with Crippen LogP contribution in [-0.4, -0.2) is 53.0 Å². The summed E-state index contributed by atoms with van der Waals surface area (Å²) < 4.78 is 6.83. The van der Waals surface area contributed by atoms with Crippen LogP contribution in [-0.2, 0) is 4.74 Å². The van der Waals surface area contributed by atoms with Crippen molar-refractivity contribution in [3.05, 3.63) is 68.5 Å². The van der Waals surface area contributed by atoms with E-state index in [0.717, 1.165) is 18.7 Å². The number of thiazole rings is 1. The van der Waals surface area contributed by atoms with E-state index in [9.17, 15) is 9.59 Å². The average molecular weight is 419 g/mol. The molecule has 9 heteroatoms. The molecule has 1 amide bonds. The van der Waals surface area contributed by atoms with E-state index >= 15 is 0 Å². The molecular formula is C19H19ClN4O3S. The molecule has 1 saturated heterocycles. The Morgan fingerprint density at radius 2 is 2.11 bits per heavy atom. The number of nitrogens with zero attached hydrogens (tertiary/aromatic N) is 3. The lowest BCUT2D eigenvalue weighted by molar-refractivity contribution is 0.0162. The van der Waals surface area contributed by atoms with Crippen molar-refractivity contribution >= 4 is 33.8 Å². The van der Waals surface area contributed by atoms with Crippen molar-refractivity contribution in [1.82, 2.24) is 19.6 Å². The predicted octanol–water partition coefficient (Wildman–Crippen LogP) is 2.21. The van der Waals surface area contributed by atoms with Gasteiger partial charge >= 0.3 is 0 Å². The Bertz CT molecular complexity index is 1040. The molecule has 1 fully saturated rings. The lowest BCUT2D eigenvalue weighted by Crippen LogP contribution is -2.44. The molecule has 28 heavy (non-hydrogen) atoms. The van der Waals surface area contributed by atoms with Gasteiger partial charge in [-0.25, -0.2) is 4.98 Å². The van der Waals surface area contributed by atoms with Gasteiger partial charge in [-0.1, -0.05) is 29.8 Å². The summed E-state index contributed by atoms with van der Waals surface area (Å²) >= 11 is 7.76. The van der Waals surface area contributed by atoms with Crippen LogP contribution in [0.4, 0.5) is 0 Å². The average Bonchev–Trinajstić information content (AvgIpc) is 3.20. The number of carbonyl (C=O) groups excluding carboxylic acids is 1.